The number of likely N-dealkylation sites (N-methyl/N-ethyl adjacent to an activating group) is 1. The number of hydrogen-bond donors (Lipinski definition) is 0. The molecule has 0 aliphatic heterocycles. The Morgan fingerprint density at radius 1 is 0.704 bits per heavy atom. The number of quaternary nitrogens is 1. The van der Waals surface area contributed by atoms with Gasteiger partial charge in [-0.15, -0.1) is 0 Å². The molecule has 0 heterocycles. The molecule has 5 nitrogen and oxygen atoms in total. The second-order valence-corrected chi connectivity index (χ2v) is 10.1. The highest BCUT2D eigenvalue weighted by Gasteiger charge is 2.12. The fourth-order valence-corrected chi connectivity index (χ4v) is 3.67. The van der Waals surface area contributed by atoms with E-state index in [2.05, 4.69) is 6.92 Å². The van der Waals surface area contributed by atoms with Crippen molar-refractivity contribution >= 4 is 7.82 Å². The molecule has 0 rings (SSSR count). The summed E-state index contributed by atoms with van der Waals surface area (Å²) in [4.78, 5) is 11.6. The third-order valence-corrected chi connectivity index (χ3v) is 5.76. The number of unbranched alkanes of at least 4 members (excludes halogenated alkanes) is 13. The SMILES string of the molecule is CCCCCCCCCCCCCCCCOP(=O)([O-])OCC[N+]([14CH3])([14CH3])[14CH3]. The van der Waals surface area contributed by atoms with E-state index in [0.29, 0.717) is 11.0 Å². The second-order valence-electron chi connectivity index (χ2n) is 8.72. The number of phosphoric acid groups is 1. The lowest BCUT2D eigenvalue weighted by molar-refractivity contribution is -0.870. The summed E-state index contributed by atoms with van der Waals surface area (Å²) in [5.74, 6) is 0. The molecule has 0 bridgehead atoms. The Morgan fingerprint density at radius 3 is 1.48 bits per heavy atom. The van der Waals surface area contributed by atoms with Crippen LogP contribution in [0.2, 0.25) is 0 Å². The molecule has 0 aromatic rings. The molecule has 0 saturated heterocycles. The van der Waals surface area contributed by atoms with Crippen LogP contribution in [-0.2, 0) is 13.6 Å². The second kappa shape index (κ2) is 17.0. The van der Waals surface area contributed by atoms with Crippen molar-refractivity contribution in [2.45, 2.75) is 96.8 Å². The smallest absolute Gasteiger partial charge is 0.268 e. The minimum absolute atomic E-state index is 0.170. The van der Waals surface area contributed by atoms with Crippen LogP contribution in [0.5, 0.6) is 0 Å². The van der Waals surface area contributed by atoms with Crippen LogP contribution >= 0.6 is 7.82 Å². The van der Waals surface area contributed by atoms with E-state index in [9.17, 15) is 9.46 Å². The zero-order chi connectivity index (χ0) is 20.4. The number of hydrogen-bond acceptors (Lipinski definition) is 4. The van der Waals surface area contributed by atoms with Crippen LogP contribution < -0.4 is 4.89 Å². The maximum absolute atomic E-state index is 11.6. The van der Waals surface area contributed by atoms with Gasteiger partial charge in [0.05, 0.1) is 27.7 Å². The van der Waals surface area contributed by atoms with E-state index in [0.717, 1.165) is 19.3 Å². The van der Waals surface area contributed by atoms with Gasteiger partial charge in [0.2, 0.25) is 0 Å². The van der Waals surface area contributed by atoms with Gasteiger partial charge < -0.3 is 18.4 Å². The third kappa shape index (κ3) is 22.2. The van der Waals surface area contributed by atoms with Crippen LogP contribution in [0.25, 0.3) is 0 Å². The minimum atomic E-state index is -4.13. The topological polar surface area (TPSA) is 58.6 Å². The summed E-state index contributed by atoms with van der Waals surface area (Å²) in [7, 11) is 1.86. The molecule has 1 atom stereocenters. The summed E-state index contributed by atoms with van der Waals surface area (Å²) in [5.41, 5.74) is 0. The molecular weight excluding hydrogens is 367 g/mol. The predicted molar refractivity (Wildman–Crippen MR) is 113 cm³/mol. The molecule has 164 valence electrons. The fourth-order valence-electron chi connectivity index (χ4n) is 2.94. The van der Waals surface area contributed by atoms with Gasteiger partial charge in [0.15, 0.2) is 0 Å². The number of nitrogens with zero attached hydrogens (tertiary/aromatic N) is 1. The first-order chi connectivity index (χ1) is 12.8. The van der Waals surface area contributed by atoms with E-state index in [1.165, 1.54) is 70.6 Å². The van der Waals surface area contributed by atoms with Gasteiger partial charge in [-0.1, -0.05) is 90.4 Å². The summed E-state index contributed by atoms with van der Waals surface area (Å²) < 4.78 is 22.1. The fraction of sp³-hybridized carbons (Fsp3) is 1.00. The monoisotopic (exact) mass is 413 g/mol. The summed E-state index contributed by atoms with van der Waals surface area (Å²) in [6, 6.07) is 0. The van der Waals surface area contributed by atoms with E-state index in [4.69, 9.17) is 9.05 Å². The van der Waals surface area contributed by atoms with E-state index in [1.54, 1.807) is 0 Å². The highest BCUT2D eigenvalue weighted by Crippen LogP contribution is 2.38. The molecule has 0 radical (unpaired) electrons. The molecule has 1 unspecified atom stereocenters. The van der Waals surface area contributed by atoms with E-state index in [-0.39, 0.29) is 13.2 Å². The zero-order valence-corrected chi connectivity index (χ0v) is 19.4. The van der Waals surface area contributed by atoms with Crippen LogP contribution in [0.15, 0.2) is 0 Å². The van der Waals surface area contributed by atoms with Crippen molar-refractivity contribution in [3.63, 3.8) is 0 Å². The average molecular weight is 414 g/mol. The molecule has 0 saturated carbocycles. The zero-order valence-electron chi connectivity index (χ0n) is 18.5. The maximum atomic E-state index is 11.6. The van der Waals surface area contributed by atoms with Gasteiger partial charge in [-0.2, -0.15) is 0 Å². The first-order valence-corrected chi connectivity index (χ1v) is 12.6. The third-order valence-electron chi connectivity index (χ3n) is 4.76. The van der Waals surface area contributed by atoms with Crippen molar-refractivity contribution in [1.29, 1.82) is 0 Å². The van der Waals surface area contributed by atoms with Gasteiger partial charge >= 0.3 is 0 Å². The highest BCUT2D eigenvalue weighted by atomic mass is 31.2. The lowest BCUT2D eigenvalue weighted by Crippen LogP contribution is -2.37. The molecule has 6 heteroatoms. The van der Waals surface area contributed by atoms with Crippen molar-refractivity contribution in [3.8, 4) is 0 Å². The van der Waals surface area contributed by atoms with Crippen LogP contribution in [0.1, 0.15) is 96.8 Å². The van der Waals surface area contributed by atoms with E-state index in [1.807, 2.05) is 21.1 Å². The lowest BCUT2D eigenvalue weighted by atomic mass is 10.0. The van der Waals surface area contributed by atoms with Gasteiger partial charge in [-0.05, 0) is 6.42 Å². The van der Waals surface area contributed by atoms with Crippen molar-refractivity contribution in [2.24, 2.45) is 0 Å². The van der Waals surface area contributed by atoms with Gasteiger partial charge in [0, 0.05) is 0 Å². The van der Waals surface area contributed by atoms with Crippen LogP contribution in [0.4, 0.5) is 0 Å². The van der Waals surface area contributed by atoms with Gasteiger partial charge in [0.25, 0.3) is 7.82 Å². The summed E-state index contributed by atoms with van der Waals surface area (Å²) in [6.45, 7) is 3.30. The minimum Gasteiger partial charge on any atom is -0.756 e. The molecule has 0 spiro atoms. The Hall–Kier alpha value is 0.0700. The van der Waals surface area contributed by atoms with E-state index < -0.39 is 7.82 Å². The predicted octanol–water partition coefficient (Wildman–Crippen LogP) is 5.68. The Labute approximate surface area is 169 Å². The summed E-state index contributed by atoms with van der Waals surface area (Å²) in [5, 5.41) is 0. The Kier molecular flexibility index (Phi) is 17.0. The molecular formula is C21H46NO4P. The van der Waals surface area contributed by atoms with Crippen LogP contribution in [-0.4, -0.2) is 45.4 Å². The van der Waals surface area contributed by atoms with Crippen molar-refractivity contribution in [3.05, 3.63) is 0 Å². The normalized spacial score (nSPS) is 14.4. The van der Waals surface area contributed by atoms with Crippen molar-refractivity contribution in [2.75, 3.05) is 40.9 Å². The summed E-state index contributed by atoms with van der Waals surface area (Å²) >= 11 is 0. The molecule has 0 fully saturated rings. The average Bonchev–Trinajstić information content (AvgIpc) is 2.57. The standard InChI is InChI=1S/C21H46NO4P/c1-5-6-7-8-9-10-11-12-13-14-15-16-17-18-20-25-27(23,24)26-21-19-22(2,3)4/h5-21H2,1-4H3/i2+2,3+2,4+2. The van der Waals surface area contributed by atoms with Crippen LogP contribution in [0, 0.1) is 0 Å². The Morgan fingerprint density at radius 2 is 1.07 bits per heavy atom. The molecule has 27 heavy (non-hydrogen) atoms. The molecule has 0 aliphatic rings. The first kappa shape index (κ1) is 27.1. The molecule has 0 aromatic heterocycles. The lowest BCUT2D eigenvalue weighted by Gasteiger charge is -2.27. The van der Waals surface area contributed by atoms with Gasteiger partial charge in [-0.25, -0.2) is 0 Å². The van der Waals surface area contributed by atoms with Gasteiger partial charge in [0.1, 0.15) is 13.2 Å². The maximum Gasteiger partial charge on any atom is 0.268 e. The van der Waals surface area contributed by atoms with E-state index >= 15 is 0 Å². The molecule has 0 aliphatic carbocycles. The Bertz CT molecular complexity index is 372. The van der Waals surface area contributed by atoms with Gasteiger partial charge in [-0.3, -0.25) is 4.57 Å². The Balaban J connectivity index is 3.31. The molecule has 0 aromatic carbocycles. The number of rotatable bonds is 20. The van der Waals surface area contributed by atoms with Crippen LogP contribution in [0.3, 0.4) is 0 Å². The largest absolute Gasteiger partial charge is 0.756 e. The van der Waals surface area contributed by atoms with Crippen molar-refractivity contribution < 1.29 is 23.0 Å². The summed E-state index contributed by atoms with van der Waals surface area (Å²) in [6.07, 6.45) is 17.9. The quantitative estimate of drug-likeness (QED) is 0.146. The first-order valence-electron chi connectivity index (χ1n) is 11.2. The highest BCUT2D eigenvalue weighted by molar-refractivity contribution is 7.45. The molecule has 0 amide bonds. The number of phosphoric ester groups is 1. The molecule has 0 N–H and O–H groups in total. The van der Waals surface area contributed by atoms with Crippen molar-refractivity contribution in [1.82, 2.24) is 0 Å².